The van der Waals surface area contributed by atoms with Crippen LogP contribution >= 0.6 is 0 Å². The number of ether oxygens (including phenoxy) is 1. The summed E-state index contributed by atoms with van der Waals surface area (Å²) < 4.78 is 5.18. The summed E-state index contributed by atoms with van der Waals surface area (Å²) in [4.78, 5) is 78.4. The summed E-state index contributed by atoms with van der Waals surface area (Å²) in [5, 5.41) is 13.0. The van der Waals surface area contributed by atoms with Gasteiger partial charge in [-0.1, -0.05) is 60.7 Å². The summed E-state index contributed by atoms with van der Waals surface area (Å²) in [6.45, 7) is 8.18. The fourth-order valence-electron chi connectivity index (χ4n) is 4.52. The number of piperazine rings is 1. The van der Waals surface area contributed by atoms with Crippen LogP contribution in [0.15, 0.2) is 60.7 Å². The molecule has 1 fully saturated rings. The lowest BCUT2D eigenvalue weighted by molar-refractivity contribution is -0.151. The SMILES string of the molecule is C[C@H](NC(=O)C[C@@H]1NC(=O)[C@H](CNC(=O)[C@H](C)NC(=O)OC(C)(C)C)N(Cc2ccccc2)C1=O)C(=O)NCc1ccccc1. The van der Waals surface area contributed by atoms with Crippen LogP contribution in [0.3, 0.4) is 0 Å². The van der Waals surface area contributed by atoms with Crippen LogP contribution in [0.2, 0.25) is 0 Å². The topological polar surface area (TPSA) is 175 Å². The van der Waals surface area contributed by atoms with Gasteiger partial charge < -0.3 is 36.2 Å². The molecule has 6 amide bonds. The molecule has 1 aliphatic rings. The third-order valence-corrected chi connectivity index (χ3v) is 6.84. The molecule has 0 aromatic heterocycles. The number of amides is 6. The van der Waals surface area contributed by atoms with Crippen molar-refractivity contribution >= 4 is 35.6 Å². The van der Waals surface area contributed by atoms with Gasteiger partial charge >= 0.3 is 6.09 Å². The lowest BCUT2D eigenvalue weighted by Crippen LogP contribution is -2.66. The number of hydrogen-bond acceptors (Lipinski definition) is 7. The number of alkyl carbamates (subject to hydrolysis) is 1. The molecule has 4 atom stereocenters. The fourth-order valence-corrected chi connectivity index (χ4v) is 4.52. The Kier molecular flexibility index (Phi) is 12.0. The molecule has 242 valence electrons. The molecule has 0 unspecified atom stereocenters. The van der Waals surface area contributed by atoms with Gasteiger partial charge in [0.2, 0.25) is 29.5 Å². The van der Waals surface area contributed by atoms with Crippen LogP contribution < -0.4 is 26.6 Å². The van der Waals surface area contributed by atoms with E-state index >= 15 is 0 Å². The number of benzene rings is 2. The van der Waals surface area contributed by atoms with Crippen molar-refractivity contribution in [1.82, 2.24) is 31.5 Å². The second-order valence-electron chi connectivity index (χ2n) is 11.8. The first-order valence-corrected chi connectivity index (χ1v) is 14.8. The first kappa shape index (κ1) is 34.5. The number of hydrogen-bond donors (Lipinski definition) is 5. The molecule has 2 aromatic carbocycles. The van der Waals surface area contributed by atoms with Crippen LogP contribution in [-0.4, -0.2) is 76.8 Å². The van der Waals surface area contributed by atoms with Crippen molar-refractivity contribution in [3.8, 4) is 0 Å². The van der Waals surface area contributed by atoms with Crippen molar-refractivity contribution in [1.29, 1.82) is 0 Å². The van der Waals surface area contributed by atoms with Gasteiger partial charge in [-0.25, -0.2) is 4.79 Å². The van der Waals surface area contributed by atoms with E-state index in [0.29, 0.717) is 6.54 Å². The van der Waals surface area contributed by atoms with E-state index in [1.54, 1.807) is 45.0 Å². The number of carbonyl (C=O) groups excluding carboxylic acids is 6. The number of carbonyl (C=O) groups is 6. The van der Waals surface area contributed by atoms with E-state index in [1.165, 1.54) is 18.7 Å². The molecule has 13 nitrogen and oxygen atoms in total. The van der Waals surface area contributed by atoms with E-state index < -0.39 is 65.4 Å². The highest BCUT2D eigenvalue weighted by Gasteiger charge is 2.41. The van der Waals surface area contributed by atoms with Crippen molar-refractivity contribution in [2.24, 2.45) is 0 Å². The summed E-state index contributed by atoms with van der Waals surface area (Å²) in [7, 11) is 0. The van der Waals surface area contributed by atoms with Gasteiger partial charge in [-0.3, -0.25) is 24.0 Å². The molecular formula is C32H42N6O7. The van der Waals surface area contributed by atoms with Crippen LogP contribution in [0, 0.1) is 0 Å². The van der Waals surface area contributed by atoms with Crippen LogP contribution in [0.1, 0.15) is 52.2 Å². The molecular weight excluding hydrogens is 580 g/mol. The Labute approximate surface area is 262 Å². The predicted octanol–water partition coefficient (Wildman–Crippen LogP) is 1.12. The minimum atomic E-state index is -1.18. The Bertz CT molecular complexity index is 1360. The number of rotatable bonds is 12. The second kappa shape index (κ2) is 15.7. The van der Waals surface area contributed by atoms with Gasteiger partial charge in [0.1, 0.15) is 29.8 Å². The maximum absolute atomic E-state index is 13.6. The molecule has 0 saturated carbocycles. The van der Waals surface area contributed by atoms with E-state index in [4.69, 9.17) is 4.74 Å². The normalized spacial score (nSPS) is 17.8. The summed E-state index contributed by atoms with van der Waals surface area (Å²) in [6, 6.07) is 14.2. The highest BCUT2D eigenvalue weighted by molar-refractivity contribution is 6.00. The standard InChI is InChI=1S/C32H42N6O7/c1-20(27(40)33-17-22-12-8-6-9-13-22)35-26(39)16-24-30(43)38(19-23-14-10-7-11-15-23)25(29(42)37-24)18-34-28(41)21(2)36-31(44)45-32(3,4)5/h6-15,20-21,24-25H,16-19H2,1-5H3,(H,33,40)(H,34,41)(H,35,39)(H,36,44)(H,37,42)/t20-,21-,24-,25-/m0/s1. The average Bonchev–Trinajstić information content (AvgIpc) is 2.97. The lowest BCUT2D eigenvalue weighted by atomic mass is 10.0. The Hall–Kier alpha value is -4.94. The van der Waals surface area contributed by atoms with Gasteiger partial charge in [-0.2, -0.15) is 0 Å². The Balaban J connectivity index is 1.62. The van der Waals surface area contributed by atoms with Crippen molar-refractivity contribution in [3.05, 3.63) is 71.8 Å². The smallest absolute Gasteiger partial charge is 0.408 e. The van der Waals surface area contributed by atoms with Crippen molar-refractivity contribution in [2.45, 2.75) is 83.9 Å². The highest BCUT2D eigenvalue weighted by Crippen LogP contribution is 2.17. The van der Waals surface area contributed by atoms with E-state index in [0.717, 1.165) is 11.1 Å². The molecule has 13 heteroatoms. The average molecular weight is 623 g/mol. The highest BCUT2D eigenvalue weighted by atomic mass is 16.6. The van der Waals surface area contributed by atoms with Gasteiger partial charge in [0.05, 0.1) is 6.42 Å². The number of nitrogens with one attached hydrogen (secondary N) is 5. The zero-order valence-corrected chi connectivity index (χ0v) is 26.2. The van der Waals surface area contributed by atoms with Crippen molar-refractivity contribution in [3.63, 3.8) is 0 Å². The van der Waals surface area contributed by atoms with Crippen LogP contribution in [0.4, 0.5) is 4.79 Å². The van der Waals surface area contributed by atoms with Gasteiger partial charge in [0.15, 0.2) is 0 Å². The third-order valence-electron chi connectivity index (χ3n) is 6.84. The van der Waals surface area contributed by atoms with Gasteiger partial charge in [-0.15, -0.1) is 0 Å². The summed E-state index contributed by atoms with van der Waals surface area (Å²) in [5.74, 6) is -2.66. The Morgan fingerprint density at radius 2 is 1.40 bits per heavy atom. The Morgan fingerprint density at radius 3 is 2.00 bits per heavy atom. The zero-order chi connectivity index (χ0) is 33.1. The molecule has 5 N–H and O–H groups in total. The first-order valence-electron chi connectivity index (χ1n) is 14.8. The third kappa shape index (κ3) is 10.9. The molecule has 0 bridgehead atoms. The van der Waals surface area contributed by atoms with Gasteiger partial charge in [0, 0.05) is 19.6 Å². The van der Waals surface area contributed by atoms with E-state index in [2.05, 4.69) is 26.6 Å². The second-order valence-corrected chi connectivity index (χ2v) is 11.8. The molecule has 0 aliphatic carbocycles. The van der Waals surface area contributed by atoms with Crippen molar-refractivity contribution < 1.29 is 33.5 Å². The van der Waals surface area contributed by atoms with Gasteiger partial charge in [-0.05, 0) is 45.7 Å². The zero-order valence-electron chi connectivity index (χ0n) is 26.2. The quantitative estimate of drug-likeness (QED) is 0.236. The molecule has 0 radical (unpaired) electrons. The molecule has 1 saturated heterocycles. The molecule has 1 aliphatic heterocycles. The minimum Gasteiger partial charge on any atom is -0.444 e. The maximum Gasteiger partial charge on any atom is 0.408 e. The van der Waals surface area contributed by atoms with Crippen LogP contribution in [-0.2, 0) is 41.8 Å². The van der Waals surface area contributed by atoms with E-state index in [-0.39, 0.29) is 19.5 Å². The molecule has 2 aromatic rings. The minimum absolute atomic E-state index is 0.0513. The van der Waals surface area contributed by atoms with Crippen LogP contribution in [0.25, 0.3) is 0 Å². The predicted molar refractivity (Wildman–Crippen MR) is 165 cm³/mol. The molecule has 45 heavy (non-hydrogen) atoms. The molecule has 0 spiro atoms. The lowest BCUT2D eigenvalue weighted by Gasteiger charge is -2.39. The van der Waals surface area contributed by atoms with Crippen LogP contribution in [0.5, 0.6) is 0 Å². The van der Waals surface area contributed by atoms with Crippen molar-refractivity contribution in [2.75, 3.05) is 6.54 Å². The molecule has 1 heterocycles. The maximum atomic E-state index is 13.6. The van der Waals surface area contributed by atoms with E-state index in [9.17, 15) is 28.8 Å². The Morgan fingerprint density at radius 1 is 0.844 bits per heavy atom. The summed E-state index contributed by atoms with van der Waals surface area (Å²) in [5.41, 5.74) is 0.889. The molecule has 3 rings (SSSR count). The summed E-state index contributed by atoms with van der Waals surface area (Å²) >= 11 is 0. The number of nitrogens with zero attached hydrogens (tertiary/aromatic N) is 1. The summed E-state index contributed by atoms with van der Waals surface area (Å²) in [6.07, 6.45) is -1.16. The first-order chi connectivity index (χ1) is 21.2. The van der Waals surface area contributed by atoms with Gasteiger partial charge in [0.25, 0.3) is 0 Å². The largest absolute Gasteiger partial charge is 0.444 e. The van der Waals surface area contributed by atoms with E-state index in [1.807, 2.05) is 36.4 Å². The monoisotopic (exact) mass is 622 g/mol. The fraction of sp³-hybridized carbons (Fsp3) is 0.438.